The molecular weight excluding hydrogens is 321 g/mol. The molecule has 7 heteroatoms. The van der Waals surface area contributed by atoms with E-state index in [0.29, 0.717) is 27.7 Å². The number of halogens is 2. The molecule has 0 aliphatic rings. The average molecular weight is 334 g/mol. The van der Waals surface area contributed by atoms with E-state index in [9.17, 15) is 9.18 Å². The third-order valence-electron chi connectivity index (χ3n) is 3.32. The average Bonchev–Trinajstić information content (AvgIpc) is 2.87. The fourth-order valence-corrected chi connectivity index (χ4v) is 2.30. The molecule has 0 fully saturated rings. The van der Waals surface area contributed by atoms with Gasteiger partial charge in [-0.1, -0.05) is 29.8 Å². The van der Waals surface area contributed by atoms with Gasteiger partial charge in [0, 0.05) is 18.2 Å². The maximum Gasteiger partial charge on any atom is 0.343 e. The van der Waals surface area contributed by atoms with Gasteiger partial charge < -0.3 is 4.74 Å². The van der Waals surface area contributed by atoms with Crippen LogP contribution in [0, 0.1) is 5.82 Å². The molecule has 118 valence electrons. The highest BCUT2D eigenvalue weighted by Crippen LogP contribution is 2.29. The molecule has 0 bridgehead atoms. The van der Waals surface area contributed by atoms with E-state index in [1.54, 1.807) is 43.4 Å². The van der Waals surface area contributed by atoms with E-state index in [1.165, 1.54) is 10.7 Å². The SMILES string of the molecule is Cn1nc(-c2ccc(OCc3ccccc3F)c(Cl)c2)[nH]c1=O. The van der Waals surface area contributed by atoms with E-state index in [2.05, 4.69) is 10.1 Å². The number of aromatic nitrogens is 3. The Morgan fingerprint density at radius 3 is 2.74 bits per heavy atom. The van der Waals surface area contributed by atoms with Crippen LogP contribution in [0.4, 0.5) is 4.39 Å². The van der Waals surface area contributed by atoms with Crippen LogP contribution in [0.2, 0.25) is 5.02 Å². The fraction of sp³-hybridized carbons (Fsp3) is 0.125. The minimum Gasteiger partial charge on any atom is -0.487 e. The first-order valence-electron chi connectivity index (χ1n) is 6.84. The van der Waals surface area contributed by atoms with Crippen LogP contribution < -0.4 is 10.4 Å². The molecule has 0 amide bonds. The summed E-state index contributed by atoms with van der Waals surface area (Å²) < 4.78 is 20.3. The van der Waals surface area contributed by atoms with Gasteiger partial charge in [0.25, 0.3) is 0 Å². The van der Waals surface area contributed by atoms with Crippen molar-refractivity contribution in [1.82, 2.24) is 14.8 Å². The topological polar surface area (TPSA) is 59.9 Å². The summed E-state index contributed by atoms with van der Waals surface area (Å²) in [5.41, 5.74) is 0.795. The largest absolute Gasteiger partial charge is 0.487 e. The first kappa shape index (κ1) is 15.3. The number of nitrogens with one attached hydrogen (secondary N) is 1. The molecule has 0 aliphatic heterocycles. The molecular formula is C16H13ClFN3O2. The standard InChI is InChI=1S/C16H13ClFN3O2/c1-21-16(22)19-15(20-21)10-6-7-14(12(17)8-10)23-9-11-4-2-3-5-13(11)18/h2-8H,9H2,1H3,(H,19,20,22). The molecule has 1 N–H and O–H groups in total. The van der Waals surface area contributed by atoms with Crippen LogP contribution >= 0.6 is 11.6 Å². The van der Waals surface area contributed by atoms with Gasteiger partial charge in [-0.15, -0.1) is 0 Å². The summed E-state index contributed by atoms with van der Waals surface area (Å²) in [5.74, 6) is 0.517. The maximum atomic E-state index is 13.6. The van der Waals surface area contributed by atoms with E-state index < -0.39 is 0 Å². The molecule has 0 aliphatic carbocycles. The molecule has 23 heavy (non-hydrogen) atoms. The number of rotatable bonds is 4. The summed E-state index contributed by atoms with van der Waals surface area (Å²) in [5, 5.41) is 4.41. The Bertz CT molecular complexity index is 904. The molecule has 0 spiro atoms. The summed E-state index contributed by atoms with van der Waals surface area (Å²) in [4.78, 5) is 14.0. The van der Waals surface area contributed by atoms with Crippen LogP contribution in [-0.4, -0.2) is 14.8 Å². The van der Waals surface area contributed by atoms with Crippen molar-refractivity contribution in [2.75, 3.05) is 0 Å². The highest BCUT2D eigenvalue weighted by Gasteiger charge is 2.10. The van der Waals surface area contributed by atoms with E-state index in [0.717, 1.165) is 0 Å². The number of ether oxygens (including phenoxy) is 1. The van der Waals surface area contributed by atoms with Crippen molar-refractivity contribution >= 4 is 11.6 Å². The highest BCUT2D eigenvalue weighted by atomic mass is 35.5. The lowest BCUT2D eigenvalue weighted by Gasteiger charge is -2.09. The smallest absolute Gasteiger partial charge is 0.343 e. The van der Waals surface area contributed by atoms with Crippen LogP contribution in [0.1, 0.15) is 5.56 Å². The predicted molar refractivity (Wildman–Crippen MR) is 85.0 cm³/mol. The molecule has 1 heterocycles. The monoisotopic (exact) mass is 333 g/mol. The van der Waals surface area contributed by atoms with Crippen LogP contribution in [-0.2, 0) is 13.7 Å². The zero-order chi connectivity index (χ0) is 16.4. The van der Waals surface area contributed by atoms with Crippen molar-refractivity contribution < 1.29 is 9.13 Å². The summed E-state index contributed by atoms with van der Waals surface area (Å²) in [7, 11) is 1.55. The minimum atomic E-state index is -0.327. The second-order valence-electron chi connectivity index (χ2n) is 4.93. The number of aromatic amines is 1. The Kier molecular flexibility index (Phi) is 4.16. The Balaban J connectivity index is 1.80. The summed E-state index contributed by atoms with van der Waals surface area (Å²) >= 11 is 6.19. The lowest BCUT2D eigenvalue weighted by Crippen LogP contribution is -2.13. The van der Waals surface area contributed by atoms with Crippen LogP contribution in [0.5, 0.6) is 5.75 Å². The number of hydrogen-bond acceptors (Lipinski definition) is 3. The van der Waals surface area contributed by atoms with Gasteiger partial charge in [0.15, 0.2) is 5.82 Å². The van der Waals surface area contributed by atoms with Crippen molar-refractivity contribution in [3.63, 3.8) is 0 Å². The first-order chi connectivity index (χ1) is 11.0. The number of hydrogen-bond donors (Lipinski definition) is 1. The molecule has 0 saturated carbocycles. The van der Waals surface area contributed by atoms with Gasteiger partial charge in [-0.3, -0.25) is 4.98 Å². The normalized spacial score (nSPS) is 10.7. The Labute approximate surface area is 136 Å². The van der Waals surface area contributed by atoms with Crippen molar-refractivity contribution in [3.8, 4) is 17.1 Å². The van der Waals surface area contributed by atoms with Crippen molar-refractivity contribution in [2.24, 2.45) is 7.05 Å². The second kappa shape index (κ2) is 6.26. The molecule has 5 nitrogen and oxygen atoms in total. The molecule has 0 saturated heterocycles. The number of benzene rings is 2. The molecule has 1 aromatic heterocycles. The van der Waals surface area contributed by atoms with E-state index in [1.807, 2.05) is 0 Å². The Morgan fingerprint density at radius 1 is 1.30 bits per heavy atom. The van der Waals surface area contributed by atoms with Gasteiger partial charge in [-0.05, 0) is 24.3 Å². The van der Waals surface area contributed by atoms with Gasteiger partial charge in [0.1, 0.15) is 18.2 Å². The van der Waals surface area contributed by atoms with E-state index in [4.69, 9.17) is 16.3 Å². The lowest BCUT2D eigenvalue weighted by molar-refractivity contribution is 0.300. The highest BCUT2D eigenvalue weighted by molar-refractivity contribution is 6.32. The Morgan fingerprint density at radius 2 is 2.09 bits per heavy atom. The number of nitrogens with zero attached hydrogens (tertiary/aromatic N) is 2. The van der Waals surface area contributed by atoms with Crippen molar-refractivity contribution in [2.45, 2.75) is 6.61 Å². The number of H-pyrrole nitrogens is 1. The predicted octanol–water partition coefficient (Wildman–Crippen LogP) is 3.15. The summed E-state index contributed by atoms with van der Waals surface area (Å²) in [6.45, 7) is 0.0756. The van der Waals surface area contributed by atoms with Crippen molar-refractivity contribution in [1.29, 1.82) is 0 Å². The summed E-state index contributed by atoms with van der Waals surface area (Å²) in [6, 6.07) is 11.4. The minimum absolute atomic E-state index is 0.0756. The van der Waals surface area contributed by atoms with Crippen molar-refractivity contribution in [3.05, 3.63) is 69.4 Å². The maximum absolute atomic E-state index is 13.6. The quantitative estimate of drug-likeness (QED) is 0.798. The third kappa shape index (κ3) is 3.27. The lowest BCUT2D eigenvalue weighted by atomic mass is 10.2. The Hall–Kier alpha value is -2.60. The van der Waals surface area contributed by atoms with Gasteiger partial charge in [0.2, 0.25) is 0 Å². The second-order valence-corrected chi connectivity index (χ2v) is 5.33. The van der Waals surface area contributed by atoms with Gasteiger partial charge in [-0.25, -0.2) is 13.9 Å². The van der Waals surface area contributed by atoms with E-state index >= 15 is 0 Å². The molecule has 3 rings (SSSR count). The molecule has 0 radical (unpaired) electrons. The molecule has 2 aromatic carbocycles. The molecule has 0 unspecified atom stereocenters. The van der Waals surface area contributed by atoms with Crippen LogP contribution in [0.3, 0.4) is 0 Å². The first-order valence-corrected chi connectivity index (χ1v) is 7.22. The summed E-state index contributed by atoms with van der Waals surface area (Å²) in [6.07, 6.45) is 0. The fourth-order valence-electron chi connectivity index (χ4n) is 2.07. The zero-order valence-electron chi connectivity index (χ0n) is 12.2. The van der Waals surface area contributed by atoms with Gasteiger partial charge >= 0.3 is 5.69 Å². The third-order valence-corrected chi connectivity index (χ3v) is 3.61. The van der Waals surface area contributed by atoms with Crippen LogP contribution in [0.25, 0.3) is 11.4 Å². The number of aryl methyl sites for hydroxylation is 1. The van der Waals surface area contributed by atoms with E-state index in [-0.39, 0.29) is 18.1 Å². The molecule has 3 aromatic rings. The van der Waals surface area contributed by atoms with Gasteiger partial charge in [0.05, 0.1) is 5.02 Å². The zero-order valence-corrected chi connectivity index (χ0v) is 13.0. The van der Waals surface area contributed by atoms with Gasteiger partial charge in [-0.2, -0.15) is 5.10 Å². The van der Waals surface area contributed by atoms with Crippen LogP contribution in [0.15, 0.2) is 47.3 Å². The molecule has 0 atom stereocenters.